The zero-order valence-corrected chi connectivity index (χ0v) is 9.02. The van der Waals surface area contributed by atoms with Crippen molar-refractivity contribution in [2.45, 2.75) is 12.5 Å². The molecular weight excluding hydrogens is 192 g/mol. The number of nitrogens with zero attached hydrogens (tertiary/aromatic N) is 1. The molecule has 84 valence electrons. The van der Waals surface area contributed by atoms with E-state index in [2.05, 4.69) is 10.3 Å². The average Bonchev–Trinajstić information content (AvgIpc) is 2.26. The SMILES string of the molecule is COCCNCC(O)Cc1ccncc1. The summed E-state index contributed by atoms with van der Waals surface area (Å²) in [4.78, 5) is 3.93. The van der Waals surface area contributed by atoms with Crippen LogP contribution in [0.1, 0.15) is 5.56 Å². The van der Waals surface area contributed by atoms with Crippen molar-refractivity contribution in [1.29, 1.82) is 0 Å². The third-order valence-corrected chi connectivity index (χ3v) is 2.08. The summed E-state index contributed by atoms with van der Waals surface area (Å²) < 4.78 is 4.89. The van der Waals surface area contributed by atoms with Gasteiger partial charge < -0.3 is 15.2 Å². The molecule has 1 unspecified atom stereocenters. The van der Waals surface area contributed by atoms with Gasteiger partial charge in [0.05, 0.1) is 12.7 Å². The van der Waals surface area contributed by atoms with Gasteiger partial charge in [-0.25, -0.2) is 0 Å². The molecule has 1 aromatic heterocycles. The van der Waals surface area contributed by atoms with Crippen LogP contribution in [0.2, 0.25) is 0 Å². The molecule has 0 spiro atoms. The van der Waals surface area contributed by atoms with Crippen LogP contribution in [0.4, 0.5) is 0 Å². The molecule has 0 aliphatic carbocycles. The van der Waals surface area contributed by atoms with Gasteiger partial charge in [0, 0.05) is 32.6 Å². The lowest BCUT2D eigenvalue weighted by molar-refractivity contribution is 0.160. The lowest BCUT2D eigenvalue weighted by atomic mass is 10.1. The molecule has 15 heavy (non-hydrogen) atoms. The van der Waals surface area contributed by atoms with Crippen molar-refractivity contribution in [3.8, 4) is 0 Å². The second-order valence-corrected chi connectivity index (χ2v) is 3.41. The van der Waals surface area contributed by atoms with Crippen molar-refractivity contribution >= 4 is 0 Å². The van der Waals surface area contributed by atoms with Crippen LogP contribution in [0, 0.1) is 0 Å². The van der Waals surface area contributed by atoms with Gasteiger partial charge in [0.25, 0.3) is 0 Å². The average molecular weight is 210 g/mol. The number of aliphatic hydroxyl groups is 1. The molecule has 0 saturated carbocycles. The summed E-state index contributed by atoms with van der Waals surface area (Å²) in [5, 5.41) is 12.8. The molecule has 0 bridgehead atoms. The van der Waals surface area contributed by atoms with E-state index in [1.165, 1.54) is 0 Å². The Morgan fingerprint density at radius 3 is 2.87 bits per heavy atom. The van der Waals surface area contributed by atoms with Crippen LogP contribution in [0.25, 0.3) is 0 Å². The molecule has 0 saturated heterocycles. The van der Waals surface area contributed by atoms with E-state index in [-0.39, 0.29) is 6.10 Å². The van der Waals surface area contributed by atoms with E-state index >= 15 is 0 Å². The lowest BCUT2D eigenvalue weighted by Crippen LogP contribution is -2.30. The molecule has 4 nitrogen and oxygen atoms in total. The van der Waals surface area contributed by atoms with Gasteiger partial charge in [-0.1, -0.05) is 0 Å². The molecule has 0 fully saturated rings. The molecule has 0 aliphatic heterocycles. The number of nitrogens with one attached hydrogen (secondary N) is 1. The second-order valence-electron chi connectivity index (χ2n) is 3.41. The van der Waals surface area contributed by atoms with Crippen LogP contribution < -0.4 is 5.32 Å². The van der Waals surface area contributed by atoms with E-state index in [4.69, 9.17) is 4.74 Å². The second kappa shape index (κ2) is 7.34. The molecule has 2 N–H and O–H groups in total. The number of pyridine rings is 1. The van der Waals surface area contributed by atoms with Gasteiger partial charge in [0.2, 0.25) is 0 Å². The smallest absolute Gasteiger partial charge is 0.0704 e. The van der Waals surface area contributed by atoms with Gasteiger partial charge in [0.15, 0.2) is 0 Å². The summed E-state index contributed by atoms with van der Waals surface area (Å²) in [5.41, 5.74) is 1.10. The van der Waals surface area contributed by atoms with E-state index in [9.17, 15) is 5.11 Å². The normalized spacial score (nSPS) is 12.7. The molecule has 1 rings (SSSR count). The van der Waals surface area contributed by atoms with Crippen LogP contribution in [0.3, 0.4) is 0 Å². The first-order chi connectivity index (χ1) is 7.33. The highest BCUT2D eigenvalue weighted by Crippen LogP contribution is 2.00. The molecule has 0 radical (unpaired) electrons. The fourth-order valence-electron chi connectivity index (χ4n) is 1.31. The first-order valence-electron chi connectivity index (χ1n) is 5.09. The molecule has 1 aromatic rings. The molecule has 0 aliphatic rings. The Balaban J connectivity index is 2.16. The Morgan fingerprint density at radius 1 is 1.47 bits per heavy atom. The van der Waals surface area contributed by atoms with E-state index in [0.29, 0.717) is 19.6 Å². The van der Waals surface area contributed by atoms with Crippen molar-refractivity contribution in [3.63, 3.8) is 0 Å². The number of hydrogen-bond donors (Lipinski definition) is 2. The third kappa shape index (κ3) is 5.47. The standard InChI is InChI=1S/C11H18N2O2/c1-15-7-6-13-9-11(14)8-10-2-4-12-5-3-10/h2-5,11,13-14H,6-9H2,1H3. The Labute approximate surface area is 90.3 Å². The summed E-state index contributed by atoms with van der Waals surface area (Å²) in [7, 11) is 1.66. The van der Waals surface area contributed by atoms with Crippen molar-refractivity contribution < 1.29 is 9.84 Å². The van der Waals surface area contributed by atoms with E-state index in [1.54, 1.807) is 19.5 Å². The molecular formula is C11H18N2O2. The predicted octanol–water partition coefficient (Wildman–Crippen LogP) is 0.221. The van der Waals surface area contributed by atoms with E-state index in [1.807, 2.05) is 12.1 Å². The van der Waals surface area contributed by atoms with E-state index in [0.717, 1.165) is 12.1 Å². The summed E-state index contributed by atoms with van der Waals surface area (Å²) >= 11 is 0. The summed E-state index contributed by atoms with van der Waals surface area (Å²) in [5.74, 6) is 0. The predicted molar refractivity (Wildman–Crippen MR) is 58.7 cm³/mol. The summed E-state index contributed by atoms with van der Waals surface area (Å²) in [6.45, 7) is 2.03. The minimum atomic E-state index is -0.357. The maximum absolute atomic E-state index is 9.68. The largest absolute Gasteiger partial charge is 0.391 e. The fourth-order valence-corrected chi connectivity index (χ4v) is 1.31. The first kappa shape index (κ1) is 12.1. The van der Waals surface area contributed by atoms with Crippen molar-refractivity contribution in [2.24, 2.45) is 0 Å². The highest BCUT2D eigenvalue weighted by Gasteiger charge is 2.04. The minimum absolute atomic E-state index is 0.357. The number of aromatic nitrogens is 1. The van der Waals surface area contributed by atoms with E-state index < -0.39 is 0 Å². The molecule has 1 heterocycles. The summed E-state index contributed by atoms with van der Waals surface area (Å²) in [6.07, 6.45) is 3.77. The van der Waals surface area contributed by atoms with Crippen LogP contribution in [-0.4, -0.2) is 43.0 Å². The molecule has 4 heteroatoms. The Hall–Kier alpha value is -0.970. The quantitative estimate of drug-likeness (QED) is 0.632. The lowest BCUT2D eigenvalue weighted by Gasteiger charge is -2.11. The molecule has 0 amide bonds. The number of methoxy groups -OCH3 is 1. The maximum Gasteiger partial charge on any atom is 0.0704 e. The Morgan fingerprint density at radius 2 is 2.20 bits per heavy atom. The van der Waals surface area contributed by atoms with Crippen LogP contribution in [0.15, 0.2) is 24.5 Å². The van der Waals surface area contributed by atoms with Crippen molar-refractivity contribution in [1.82, 2.24) is 10.3 Å². The summed E-state index contributed by atoms with van der Waals surface area (Å²) in [6, 6.07) is 3.83. The molecule has 0 aromatic carbocycles. The highest BCUT2D eigenvalue weighted by molar-refractivity contribution is 5.10. The Kier molecular flexibility index (Phi) is 5.92. The zero-order chi connectivity index (χ0) is 10.9. The topological polar surface area (TPSA) is 54.4 Å². The van der Waals surface area contributed by atoms with Gasteiger partial charge in [-0.05, 0) is 24.1 Å². The van der Waals surface area contributed by atoms with Crippen LogP contribution in [-0.2, 0) is 11.2 Å². The monoisotopic (exact) mass is 210 g/mol. The van der Waals surface area contributed by atoms with Crippen molar-refractivity contribution in [3.05, 3.63) is 30.1 Å². The van der Waals surface area contributed by atoms with Crippen LogP contribution in [0.5, 0.6) is 0 Å². The van der Waals surface area contributed by atoms with Gasteiger partial charge in [0.1, 0.15) is 0 Å². The van der Waals surface area contributed by atoms with Gasteiger partial charge in [-0.2, -0.15) is 0 Å². The zero-order valence-electron chi connectivity index (χ0n) is 9.02. The number of rotatable bonds is 7. The first-order valence-corrected chi connectivity index (χ1v) is 5.09. The number of hydrogen-bond acceptors (Lipinski definition) is 4. The fraction of sp³-hybridized carbons (Fsp3) is 0.545. The van der Waals surface area contributed by atoms with Gasteiger partial charge in [-0.3, -0.25) is 4.98 Å². The Bertz CT molecular complexity index is 254. The number of aliphatic hydroxyl groups excluding tert-OH is 1. The van der Waals surface area contributed by atoms with Crippen molar-refractivity contribution in [2.75, 3.05) is 26.8 Å². The highest BCUT2D eigenvalue weighted by atomic mass is 16.5. The van der Waals surface area contributed by atoms with Crippen LogP contribution >= 0.6 is 0 Å². The van der Waals surface area contributed by atoms with Gasteiger partial charge in [-0.15, -0.1) is 0 Å². The maximum atomic E-state index is 9.68. The third-order valence-electron chi connectivity index (χ3n) is 2.08. The minimum Gasteiger partial charge on any atom is -0.391 e. The molecule has 1 atom stereocenters. The number of ether oxygens (including phenoxy) is 1. The van der Waals surface area contributed by atoms with Gasteiger partial charge >= 0.3 is 0 Å².